The fourth-order valence-corrected chi connectivity index (χ4v) is 1.95. The minimum absolute atomic E-state index is 0.270. The van der Waals surface area contributed by atoms with Crippen LogP contribution < -0.4 is 10.1 Å². The summed E-state index contributed by atoms with van der Waals surface area (Å²) in [5.74, 6) is 1.41. The van der Waals surface area contributed by atoms with Crippen molar-refractivity contribution in [1.29, 1.82) is 0 Å². The van der Waals surface area contributed by atoms with Crippen molar-refractivity contribution in [1.82, 2.24) is 5.32 Å². The van der Waals surface area contributed by atoms with Crippen LogP contribution >= 0.6 is 0 Å². The fraction of sp³-hybridized carbons (Fsp3) is 0.571. The summed E-state index contributed by atoms with van der Waals surface area (Å²) in [5, 5.41) is 22.2. The second kappa shape index (κ2) is 7.24. The first-order chi connectivity index (χ1) is 8.52. The molecule has 1 aromatic carbocycles. The Bertz CT molecular complexity index is 366. The fourth-order valence-electron chi connectivity index (χ4n) is 1.95. The Morgan fingerprint density at radius 1 is 1.33 bits per heavy atom. The van der Waals surface area contributed by atoms with Crippen molar-refractivity contribution < 1.29 is 14.9 Å². The molecule has 0 bridgehead atoms. The quantitative estimate of drug-likeness (QED) is 0.694. The third-order valence-corrected chi connectivity index (χ3v) is 2.84. The minimum Gasteiger partial charge on any atom is -0.508 e. The molecule has 0 aliphatic heterocycles. The maximum Gasteiger partial charge on any atom is 0.120 e. The number of hydrogen-bond acceptors (Lipinski definition) is 4. The molecule has 3 N–H and O–H groups in total. The van der Waals surface area contributed by atoms with E-state index >= 15 is 0 Å². The zero-order valence-corrected chi connectivity index (χ0v) is 11.3. The molecule has 0 aromatic heterocycles. The van der Waals surface area contributed by atoms with Gasteiger partial charge in [-0.25, -0.2) is 0 Å². The number of nitrogens with one attached hydrogen (secondary N) is 1. The predicted molar refractivity (Wildman–Crippen MR) is 71.8 cm³/mol. The molecule has 1 aromatic rings. The van der Waals surface area contributed by atoms with Crippen LogP contribution in [0, 0.1) is 5.92 Å². The first-order valence-electron chi connectivity index (χ1n) is 6.27. The number of aliphatic hydroxyl groups excluding tert-OH is 1. The van der Waals surface area contributed by atoms with E-state index in [0.29, 0.717) is 12.5 Å². The van der Waals surface area contributed by atoms with E-state index in [1.807, 2.05) is 6.07 Å². The zero-order chi connectivity index (χ0) is 13.5. The molecule has 2 atom stereocenters. The van der Waals surface area contributed by atoms with E-state index in [9.17, 15) is 10.2 Å². The largest absolute Gasteiger partial charge is 0.508 e. The van der Waals surface area contributed by atoms with Crippen molar-refractivity contribution in [3.63, 3.8) is 0 Å². The van der Waals surface area contributed by atoms with E-state index in [2.05, 4.69) is 12.2 Å². The van der Waals surface area contributed by atoms with Gasteiger partial charge in [-0.1, -0.05) is 6.92 Å². The molecular formula is C14H23NO3. The lowest BCUT2D eigenvalue weighted by Crippen LogP contribution is -2.23. The molecule has 18 heavy (non-hydrogen) atoms. The summed E-state index contributed by atoms with van der Waals surface area (Å²) < 4.78 is 5.12. The topological polar surface area (TPSA) is 61.7 Å². The van der Waals surface area contributed by atoms with Crippen molar-refractivity contribution in [2.45, 2.75) is 32.9 Å². The molecule has 0 heterocycles. The van der Waals surface area contributed by atoms with Gasteiger partial charge in [-0.2, -0.15) is 0 Å². The van der Waals surface area contributed by atoms with E-state index in [1.54, 1.807) is 26.2 Å². The highest BCUT2D eigenvalue weighted by Gasteiger charge is 2.07. The molecule has 0 amide bonds. The molecule has 0 saturated heterocycles. The number of benzene rings is 1. The third-order valence-electron chi connectivity index (χ3n) is 2.84. The van der Waals surface area contributed by atoms with Crippen LogP contribution in [-0.2, 0) is 6.54 Å². The normalized spacial score (nSPS) is 14.2. The molecular weight excluding hydrogens is 230 g/mol. The maximum absolute atomic E-state index is 9.71. The van der Waals surface area contributed by atoms with Crippen molar-refractivity contribution >= 4 is 0 Å². The lowest BCUT2D eigenvalue weighted by atomic mass is 10.0. The number of ether oxygens (including phenoxy) is 1. The second-order valence-electron chi connectivity index (χ2n) is 4.82. The molecule has 0 spiro atoms. The van der Waals surface area contributed by atoms with E-state index in [1.165, 1.54) is 0 Å². The molecule has 2 unspecified atom stereocenters. The molecule has 102 valence electrons. The first-order valence-corrected chi connectivity index (χ1v) is 6.27. The predicted octanol–water partition coefficient (Wildman–Crippen LogP) is 1.90. The van der Waals surface area contributed by atoms with Crippen molar-refractivity contribution in [3.8, 4) is 11.5 Å². The summed E-state index contributed by atoms with van der Waals surface area (Å²) in [7, 11) is 1.61. The zero-order valence-electron chi connectivity index (χ0n) is 11.3. The molecule has 4 heteroatoms. The van der Waals surface area contributed by atoms with Crippen molar-refractivity contribution in [2.75, 3.05) is 13.7 Å². The lowest BCUT2D eigenvalue weighted by molar-refractivity contribution is 0.163. The SMILES string of the molecule is COc1ccc(O)c(CNCC(C)CC(C)O)c1. The summed E-state index contributed by atoms with van der Waals surface area (Å²) in [6.45, 7) is 5.28. The van der Waals surface area contributed by atoms with Crippen molar-refractivity contribution in [3.05, 3.63) is 23.8 Å². The number of phenolic OH excluding ortho intramolecular Hbond substituents is 1. The van der Waals surface area contributed by atoms with Gasteiger partial charge >= 0.3 is 0 Å². The van der Waals surface area contributed by atoms with Crippen molar-refractivity contribution in [2.24, 2.45) is 5.92 Å². The Balaban J connectivity index is 2.43. The molecule has 0 fully saturated rings. The third kappa shape index (κ3) is 4.94. The summed E-state index contributed by atoms with van der Waals surface area (Å²) in [5.41, 5.74) is 0.818. The number of methoxy groups -OCH3 is 1. The van der Waals surface area contributed by atoms with Crippen LogP contribution in [0.25, 0.3) is 0 Å². The standard InChI is InChI=1S/C14H23NO3/c1-10(6-11(2)16)8-15-9-12-7-13(18-3)4-5-14(12)17/h4-5,7,10-11,15-17H,6,8-9H2,1-3H3. The number of hydrogen-bond donors (Lipinski definition) is 3. The smallest absolute Gasteiger partial charge is 0.120 e. The Morgan fingerprint density at radius 2 is 2.06 bits per heavy atom. The summed E-state index contributed by atoms with van der Waals surface area (Å²) in [4.78, 5) is 0. The second-order valence-corrected chi connectivity index (χ2v) is 4.82. The maximum atomic E-state index is 9.71. The van der Waals surface area contributed by atoms with Gasteiger partial charge < -0.3 is 20.3 Å². The number of phenols is 1. The first kappa shape index (κ1) is 14.8. The summed E-state index contributed by atoms with van der Waals surface area (Å²) in [6, 6.07) is 5.19. The minimum atomic E-state index is -0.271. The lowest BCUT2D eigenvalue weighted by Gasteiger charge is -2.15. The highest BCUT2D eigenvalue weighted by molar-refractivity contribution is 5.39. The van der Waals surface area contributed by atoms with Crippen LogP contribution in [0.2, 0.25) is 0 Å². The molecule has 1 rings (SSSR count). The van der Waals surface area contributed by atoms with Gasteiger partial charge in [0.15, 0.2) is 0 Å². The van der Waals surface area contributed by atoms with Crippen LogP contribution in [0.3, 0.4) is 0 Å². The number of aliphatic hydroxyl groups is 1. The highest BCUT2D eigenvalue weighted by atomic mass is 16.5. The molecule has 0 aliphatic rings. The van der Waals surface area contributed by atoms with Gasteiger partial charge in [0.05, 0.1) is 13.2 Å². The van der Waals surface area contributed by atoms with Gasteiger partial charge in [0, 0.05) is 12.1 Å². The van der Waals surface area contributed by atoms with Crippen LogP contribution in [0.5, 0.6) is 11.5 Å². The summed E-state index contributed by atoms with van der Waals surface area (Å²) >= 11 is 0. The average Bonchev–Trinajstić information content (AvgIpc) is 2.30. The van der Waals surface area contributed by atoms with Gasteiger partial charge in [-0.15, -0.1) is 0 Å². The van der Waals surface area contributed by atoms with Crippen LogP contribution in [-0.4, -0.2) is 30.0 Å². The summed E-state index contributed by atoms with van der Waals surface area (Å²) in [6.07, 6.45) is 0.504. The van der Waals surface area contributed by atoms with Crippen LogP contribution in [0.4, 0.5) is 0 Å². The highest BCUT2D eigenvalue weighted by Crippen LogP contribution is 2.22. The van der Waals surface area contributed by atoms with Gasteiger partial charge in [0.25, 0.3) is 0 Å². The number of rotatable bonds is 7. The molecule has 0 aliphatic carbocycles. The van der Waals surface area contributed by atoms with Gasteiger partial charge in [0.2, 0.25) is 0 Å². The monoisotopic (exact) mass is 253 g/mol. The molecule has 0 radical (unpaired) electrons. The van der Waals surface area contributed by atoms with E-state index in [-0.39, 0.29) is 11.9 Å². The Labute approximate surface area is 109 Å². The Kier molecular flexibility index (Phi) is 5.95. The number of aromatic hydroxyl groups is 1. The molecule has 4 nitrogen and oxygen atoms in total. The van der Waals surface area contributed by atoms with E-state index < -0.39 is 0 Å². The van der Waals surface area contributed by atoms with Crippen LogP contribution in [0.1, 0.15) is 25.8 Å². The van der Waals surface area contributed by atoms with Gasteiger partial charge in [-0.05, 0) is 44.0 Å². The molecule has 0 saturated carbocycles. The van der Waals surface area contributed by atoms with Crippen LogP contribution in [0.15, 0.2) is 18.2 Å². The van der Waals surface area contributed by atoms with Gasteiger partial charge in [0.1, 0.15) is 11.5 Å². The Hall–Kier alpha value is -1.26. The van der Waals surface area contributed by atoms with Gasteiger partial charge in [-0.3, -0.25) is 0 Å². The van der Waals surface area contributed by atoms with E-state index in [0.717, 1.165) is 24.3 Å². The van der Waals surface area contributed by atoms with E-state index in [4.69, 9.17) is 4.74 Å². The Morgan fingerprint density at radius 3 is 2.67 bits per heavy atom. The average molecular weight is 253 g/mol.